The summed E-state index contributed by atoms with van der Waals surface area (Å²) in [6.07, 6.45) is 0.818. The maximum absolute atomic E-state index is 13.4. The molecule has 33 heavy (non-hydrogen) atoms. The molecule has 0 bridgehead atoms. The first-order valence-corrected chi connectivity index (χ1v) is 11.3. The molecule has 6 rings (SSSR count). The Labute approximate surface area is 189 Å². The Morgan fingerprint density at radius 2 is 2.03 bits per heavy atom. The number of cyclic esters (lactones) is 1. The van der Waals surface area contributed by atoms with E-state index in [1.54, 1.807) is 17.6 Å². The molecule has 3 aliphatic rings. The van der Waals surface area contributed by atoms with Crippen LogP contribution in [0.15, 0.2) is 23.0 Å². The van der Waals surface area contributed by atoms with Crippen LogP contribution in [0.5, 0.6) is 11.5 Å². The zero-order valence-electron chi connectivity index (χ0n) is 18.7. The highest BCUT2D eigenvalue weighted by Crippen LogP contribution is 2.46. The van der Waals surface area contributed by atoms with Gasteiger partial charge in [-0.3, -0.25) is 4.79 Å². The summed E-state index contributed by atoms with van der Waals surface area (Å²) in [6.45, 7) is 6.39. The minimum Gasteiger partial charge on any atom is -0.489 e. The lowest BCUT2D eigenvalue weighted by molar-refractivity contribution is -0.172. The number of hydrogen-bond donors (Lipinski definition) is 1. The fourth-order valence-corrected chi connectivity index (χ4v) is 5.23. The molecule has 0 saturated heterocycles. The molecule has 1 aromatic carbocycles. The molecule has 1 N–H and O–H groups in total. The third-order valence-electron chi connectivity index (χ3n) is 6.85. The summed E-state index contributed by atoms with van der Waals surface area (Å²) < 4.78 is 18.8. The van der Waals surface area contributed by atoms with Crippen molar-refractivity contribution in [1.82, 2.24) is 9.55 Å². The van der Waals surface area contributed by atoms with Gasteiger partial charge in [-0.15, -0.1) is 0 Å². The zero-order valence-corrected chi connectivity index (χ0v) is 18.7. The summed E-state index contributed by atoms with van der Waals surface area (Å²) in [7, 11) is 0. The number of aliphatic hydroxyl groups is 1. The van der Waals surface area contributed by atoms with E-state index >= 15 is 0 Å². The van der Waals surface area contributed by atoms with Gasteiger partial charge in [0.2, 0.25) is 0 Å². The molecule has 0 unspecified atom stereocenters. The fraction of sp³-hybridized carbons (Fsp3) is 0.400. The molecule has 0 radical (unpaired) electrons. The highest BCUT2D eigenvalue weighted by atomic mass is 16.6. The van der Waals surface area contributed by atoms with Crippen molar-refractivity contribution in [2.24, 2.45) is 0 Å². The minimum atomic E-state index is -1.83. The van der Waals surface area contributed by atoms with Crippen LogP contribution in [0.4, 0.5) is 0 Å². The van der Waals surface area contributed by atoms with Crippen LogP contribution in [0.2, 0.25) is 0 Å². The molecule has 3 aromatic rings. The first-order chi connectivity index (χ1) is 15.8. The van der Waals surface area contributed by atoms with Crippen LogP contribution >= 0.6 is 0 Å². The van der Waals surface area contributed by atoms with Gasteiger partial charge in [-0.1, -0.05) is 6.92 Å². The van der Waals surface area contributed by atoms with Crippen molar-refractivity contribution < 1.29 is 24.1 Å². The van der Waals surface area contributed by atoms with Crippen LogP contribution in [0, 0.1) is 0 Å². The number of carbonyl (C=O) groups excluding carboxylic acids is 1. The quantitative estimate of drug-likeness (QED) is 0.481. The van der Waals surface area contributed by atoms with Gasteiger partial charge >= 0.3 is 5.97 Å². The molecule has 8 nitrogen and oxygen atoms in total. The molecular weight excluding hydrogens is 424 g/mol. The molecule has 8 heteroatoms. The smallest absolute Gasteiger partial charge is 0.343 e. The van der Waals surface area contributed by atoms with Gasteiger partial charge in [-0.25, -0.2) is 9.78 Å². The standard InChI is InChI=1S/C25H24N2O6/c1-4-25(30)16-9-18-21-14(10-27(18)23(28)15(16)11-32-24(25)29)13-7-8-31-22-19(33-12(2)3)6-5-17(26-21)20(13)22/h5-6,9,12,30H,4,7-8,10-11H2,1-3H3/t25-/m0/s1. The summed E-state index contributed by atoms with van der Waals surface area (Å²) in [5.41, 5.74) is 2.72. The lowest BCUT2D eigenvalue weighted by Gasteiger charge is -2.31. The van der Waals surface area contributed by atoms with Gasteiger partial charge in [-0.05, 0) is 44.0 Å². The number of hydrogen-bond acceptors (Lipinski definition) is 7. The van der Waals surface area contributed by atoms with Crippen LogP contribution in [0.3, 0.4) is 0 Å². The molecular formula is C25H24N2O6. The molecule has 3 aliphatic heterocycles. The van der Waals surface area contributed by atoms with E-state index in [9.17, 15) is 14.7 Å². The van der Waals surface area contributed by atoms with Crippen molar-refractivity contribution in [3.05, 3.63) is 50.8 Å². The molecule has 1 atom stereocenters. The van der Waals surface area contributed by atoms with E-state index in [2.05, 4.69) is 0 Å². The largest absolute Gasteiger partial charge is 0.489 e. The summed E-state index contributed by atoms with van der Waals surface area (Å²) >= 11 is 0. The van der Waals surface area contributed by atoms with E-state index in [0.29, 0.717) is 53.6 Å². The van der Waals surface area contributed by atoms with E-state index in [1.165, 1.54) is 0 Å². The second-order valence-corrected chi connectivity index (χ2v) is 9.07. The minimum absolute atomic E-state index is 0.00598. The van der Waals surface area contributed by atoms with Crippen molar-refractivity contribution in [1.29, 1.82) is 0 Å². The number of benzene rings is 1. The van der Waals surface area contributed by atoms with Gasteiger partial charge in [0, 0.05) is 22.9 Å². The van der Waals surface area contributed by atoms with Crippen LogP contribution < -0.4 is 15.0 Å². The van der Waals surface area contributed by atoms with Crippen molar-refractivity contribution >= 4 is 16.9 Å². The number of carbonyl (C=O) groups is 1. The van der Waals surface area contributed by atoms with E-state index in [1.807, 2.05) is 26.0 Å². The van der Waals surface area contributed by atoms with Crippen molar-refractivity contribution in [2.45, 2.75) is 58.5 Å². The zero-order chi connectivity index (χ0) is 23.1. The van der Waals surface area contributed by atoms with E-state index in [4.69, 9.17) is 19.2 Å². The second kappa shape index (κ2) is 6.81. The fourth-order valence-electron chi connectivity index (χ4n) is 5.23. The number of fused-ring (bicyclic) bond motifs is 5. The van der Waals surface area contributed by atoms with Gasteiger partial charge in [0.05, 0.1) is 41.7 Å². The maximum Gasteiger partial charge on any atom is 0.343 e. The van der Waals surface area contributed by atoms with Crippen LogP contribution in [-0.2, 0) is 34.7 Å². The molecule has 0 amide bonds. The number of ether oxygens (including phenoxy) is 3. The SMILES string of the molecule is CC[C@@]1(O)C(=O)OCc2c1cc1n(c2=O)Cc2c-1nc1ccc(OC(C)C)c3c1c2CCO3. The first kappa shape index (κ1) is 20.2. The summed E-state index contributed by atoms with van der Waals surface area (Å²) in [6, 6.07) is 5.52. The van der Waals surface area contributed by atoms with E-state index < -0.39 is 11.6 Å². The highest BCUT2D eigenvalue weighted by molar-refractivity contribution is 5.95. The van der Waals surface area contributed by atoms with E-state index in [0.717, 1.165) is 22.0 Å². The first-order valence-electron chi connectivity index (χ1n) is 11.3. The summed E-state index contributed by atoms with van der Waals surface area (Å²) in [5.74, 6) is 0.660. The van der Waals surface area contributed by atoms with Crippen LogP contribution in [0.1, 0.15) is 49.4 Å². The molecule has 0 saturated carbocycles. The lowest BCUT2D eigenvalue weighted by Crippen LogP contribution is -2.44. The number of nitrogens with zero attached hydrogens (tertiary/aromatic N) is 2. The molecule has 0 spiro atoms. The molecule has 170 valence electrons. The third kappa shape index (κ3) is 2.64. The Hall–Kier alpha value is -3.39. The maximum atomic E-state index is 13.4. The van der Waals surface area contributed by atoms with Gasteiger partial charge in [-0.2, -0.15) is 0 Å². The van der Waals surface area contributed by atoms with Gasteiger partial charge < -0.3 is 23.9 Å². The number of rotatable bonds is 3. The molecule has 0 fully saturated rings. The Kier molecular flexibility index (Phi) is 4.17. The summed E-state index contributed by atoms with van der Waals surface area (Å²) in [4.78, 5) is 30.7. The average molecular weight is 448 g/mol. The Bertz CT molecular complexity index is 1420. The van der Waals surface area contributed by atoms with Gasteiger partial charge in [0.1, 0.15) is 6.61 Å². The number of aromatic nitrogens is 2. The van der Waals surface area contributed by atoms with Crippen molar-refractivity contribution in [2.75, 3.05) is 6.61 Å². The van der Waals surface area contributed by atoms with Crippen molar-refractivity contribution in [3.63, 3.8) is 0 Å². The van der Waals surface area contributed by atoms with Gasteiger partial charge in [0.25, 0.3) is 5.56 Å². The molecule has 2 aromatic heterocycles. The monoisotopic (exact) mass is 448 g/mol. The second-order valence-electron chi connectivity index (χ2n) is 9.07. The summed E-state index contributed by atoms with van der Waals surface area (Å²) in [5, 5.41) is 12.0. The highest BCUT2D eigenvalue weighted by Gasteiger charge is 2.45. The van der Waals surface area contributed by atoms with Gasteiger partial charge in [0.15, 0.2) is 17.1 Å². The number of esters is 1. The lowest BCUT2D eigenvalue weighted by atomic mass is 9.86. The van der Waals surface area contributed by atoms with Crippen LogP contribution in [-0.4, -0.2) is 33.3 Å². The Morgan fingerprint density at radius 1 is 1.21 bits per heavy atom. The predicted molar refractivity (Wildman–Crippen MR) is 119 cm³/mol. The Balaban J connectivity index is 1.61. The Morgan fingerprint density at radius 3 is 2.79 bits per heavy atom. The van der Waals surface area contributed by atoms with Crippen molar-refractivity contribution in [3.8, 4) is 22.9 Å². The topological polar surface area (TPSA) is 99.9 Å². The predicted octanol–water partition coefficient (Wildman–Crippen LogP) is 2.80. The van der Waals surface area contributed by atoms with E-state index in [-0.39, 0.29) is 24.7 Å². The number of pyridine rings is 2. The average Bonchev–Trinajstić information content (AvgIpc) is 3.17. The molecule has 0 aliphatic carbocycles. The molecule has 5 heterocycles. The third-order valence-corrected chi connectivity index (χ3v) is 6.85. The van der Waals surface area contributed by atoms with Crippen LogP contribution in [0.25, 0.3) is 22.3 Å². The normalized spacial score (nSPS) is 20.2.